The van der Waals surface area contributed by atoms with Crippen LogP contribution in [0.4, 0.5) is 5.69 Å². The summed E-state index contributed by atoms with van der Waals surface area (Å²) in [5, 5.41) is 21.4. The van der Waals surface area contributed by atoms with Crippen LogP contribution in [0.15, 0.2) is 60.8 Å². The van der Waals surface area contributed by atoms with Crippen molar-refractivity contribution in [3.05, 3.63) is 82.0 Å². The van der Waals surface area contributed by atoms with E-state index in [9.17, 15) is 24.8 Å². The van der Waals surface area contributed by atoms with Crippen molar-refractivity contribution in [3.63, 3.8) is 0 Å². The molecule has 8 nitrogen and oxygen atoms in total. The van der Waals surface area contributed by atoms with Gasteiger partial charge in [0.05, 0.1) is 4.92 Å². The Bertz CT molecular complexity index is 1250. The Hall–Kier alpha value is -3.94. The van der Waals surface area contributed by atoms with E-state index in [2.05, 4.69) is 0 Å². The zero-order valence-electron chi connectivity index (χ0n) is 19.8. The molecule has 0 aliphatic heterocycles. The molecule has 34 heavy (non-hydrogen) atoms. The molecule has 0 unspecified atom stereocenters. The molecule has 3 rings (SSSR count). The maximum atomic E-state index is 13.0. The number of amides is 1. The molecule has 1 amide bonds. The molecule has 0 aliphatic rings. The molecule has 2 aromatic carbocycles. The maximum Gasteiger partial charge on any atom is 0.328 e. The molecule has 0 atom stereocenters. The molecular weight excluding hydrogens is 434 g/mol. The first-order chi connectivity index (χ1) is 16.0. The number of non-ortho nitro benzene ring substituents is 1. The lowest BCUT2D eigenvalue weighted by atomic mass is 9.81. The molecular formula is C26H29N3O5. The van der Waals surface area contributed by atoms with Crippen molar-refractivity contribution in [2.75, 3.05) is 13.6 Å². The minimum atomic E-state index is -1.10. The predicted molar refractivity (Wildman–Crippen MR) is 131 cm³/mol. The summed E-state index contributed by atoms with van der Waals surface area (Å²) in [6, 6.07) is 14.3. The van der Waals surface area contributed by atoms with Crippen LogP contribution in [-0.2, 0) is 22.6 Å². The van der Waals surface area contributed by atoms with Crippen LogP contribution in [0.5, 0.6) is 0 Å². The number of nitro benzene ring substituents is 1. The van der Waals surface area contributed by atoms with Crippen molar-refractivity contribution >= 4 is 34.0 Å². The second-order valence-electron chi connectivity index (χ2n) is 9.33. The van der Waals surface area contributed by atoms with Gasteiger partial charge in [-0.3, -0.25) is 14.9 Å². The summed E-state index contributed by atoms with van der Waals surface area (Å²) in [7, 11) is 1.74. The molecule has 0 saturated carbocycles. The number of likely N-dealkylation sites (N-methyl/N-ethyl adjacent to an activating group) is 1. The van der Waals surface area contributed by atoms with Crippen LogP contribution >= 0.6 is 0 Å². The molecule has 1 heterocycles. The van der Waals surface area contributed by atoms with E-state index in [-0.39, 0.29) is 18.1 Å². The van der Waals surface area contributed by atoms with Gasteiger partial charge in [0.1, 0.15) is 6.54 Å². The van der Waals surface area contributed by atoms with Gasteiger partial charge in [0, 0.05) is 54.5 Å². The smallest absolute Gasteiger partial charge is 0.328 e. The highest BCUT2D eigenvalue weighted by molar-refractivity contribution is 6.00. The highest BCUT2D eigenvalue weighted by Gasteiger charge is 2.25. The molecule has 0 bridgehead atoms. The number of carbonyl (C=O) groups is 2. The summed E-state index contributed by atoms with van der Waals surface area (Å²) in [4.78, 5) is 37.1. The Morgan fingerprint density at radius 2 is 1.82 bits per heavy atom. The van der Waals surface area contributed by atoms with Crippen molar-refractivity contribution in [3.8, 4) is 0 Å². The molecule has 178 valence electrons. The largest absolute Gasteiger partial charge is 0.478 e. The average molecular weight is 464 g/mol. The number of carbonyl (C=O) groups excluding carboxylic acids is 1. The highest BCUT2D eigenvalue weighted by Crippen LogP contribution is 2.39. The average Bonchev–Trinajstić information content (AvgIpc) is 3.12. The van der Waals surface area contributed by atoms with Crippen LogP contribution < -0.4 is 0 Å². The zero-order chi connectivity index (χ0) is 25.0. The van der Waals surface area contributed by atoms with Gasteiger partial charge < -0.3 is 14.6 Å². The fourth-order valence-corrected chi connectivity index (χ4v) is 3.90. The molecule has 0 fully saturated rings. The van der Waals surface area contributed by atoms with Crippen LogP contribution in [0.1, 0.15) is 31.9 Å². The third-order valence-electron chi connectivity index (χ3n) is 5.75. The number of carboxylic acid groups (broad SMARTS) is 1. The first-order valence-electron chi connectivity index (χ1n) is 11.0. The van der Waals surface area contributed by atoms with Crippen molar-refractivity contribution in [2.45, 2.75) is 33.7 Å². The van der Waals surface area contributed by atoms with E-state index >= 15 is 0 Å². The Kier molecular flexibility index (Phi) is 7.20. The number of benzene rings is 2. The van der Waals surface area contributed by atoms with Gasteiger partial charge in [-0.2, -0.15) is 0 Å². The van der Waals surface area contributed by atoms with Crippen LogP contribution in [0.2, 0.25) is 0 Å². The van der Waals surface area contributed by atoms with Crippen molar-refractivity contribution in [1.82, 2.24) is 9.47 Å². The first-order valence-corrected chi connectivity index (χ1v) is 11.0. The van der Waals surface area contributed by atoms with Gasteiger partial charge in [-0.05, 0) is 29.0 Å². The summed E-state index contributed by atoms with van der Waals surface area (Å²) in [6.07, 6.45) is 3.57. The zero-order valence-corrected chi connectivity index (χ0v) is 19.8. The highest BCUT2D eigenvalue weighted by atomic mass is 16.6. The number of nitrogens with zero attached hydrogens (tertiary/aromatic N) is 3. The summed E-state index contributed by atoms with van der Waals surface area (Å²) in [5.41, 5.74) is 2.21. The lowest BCUT2D eigenvalue weighted by Crippen LogP contribution is -2.31. The number of aromatic nitrogens is 1. The van der Waals surface area contributed by atoms with Gasteiger partial charge in [-0.25, -0.2) is 4.79 Å². The van der Waals surface area contributed by atoms with Gasteiger partial charge in [0.15, 0.2) is 0 Å². The minimum Gasteiger partial charge on any atom is -0.478 e. The number of aliphatic carboxylic acids is 1. The SMILES string of the molecule is CN(CCc1ccccc1)C(=O)Cn1cc(C(=CC(=O)O)C(C)(C)C)c2cc([N+](=O)[O-])ccc21. The maximum absolute atomic E-state index is 13.0. The number of allylic oxidation sites excluding steroid dienone is 1. The van der Waals surface area contributed by atoms with Gasteiger partial charge >= 0.3 is 5.97 Å². The summed E-state index contributed by atoms with van der Waals surface area (Å²) in [6.45, 7) is 6.22. The monoisotopic (exact) mass is 463 g/mol. The van der Waals surface area contributed by atoms with Crippen molar-refractivity contribution in [2.24, 2.45) is 5.41 Å². The molecule has 1 N–H and O–H groups in total. The van der Waals surface area contributed by atoms with Crippen LogP contribution in [0, 0.1) is 15.5 Å². The molecule has 1 aromatic heterocycles. The topological polar surface area (TPSA) is 106 Å². The molecule has 0 spiro atoms. The third-order valence-corrected chi connectivity index (χ3v) is 5.75. The van der Waals surface area contributed by atoms with Crippen LogP contribution in [0.25, 0.3) is 16.5 Å². The van der Waals surface area contributed by atoms with Crippen LogP contribution in [0.3, 0.4) is 0 Å². The fourth-order valence-electron chi connectivity index (χ4n) is 3.90. The number of hydrogen-bond donors (Lipinski definition) is 1. The molecule has 8 heteroatoms. The van der Waals surface area contributed by atoms with Crippen molar-refractivity contribution in [1.29, 1.82) is 0 Å². The number of carboxylic acids is 1. The summed E-state index contributed by atoms with van der Waals surface area (Å²) in [5.74, 6) is -1.22. The number of nitro groups is 1. The lowest BCUT2D eigenvalue weighted by Gasteiger charge is -2.22. The number of rotatable bonds is 8. The van der Waals surface area contributed by atoms with Crippen molar-refractivity contribution < 1.29 is 19.6 Å². The van der Waals surface area contributed by atoms with E-state index in [1.165, 1.54) is 12.1 Å². The lowest BCUT2D eigenvalue weighted by molar-refractivity contribution is -0.384. The Morgan fingerprint density at radius 3 is 2.41 bits per heavy atom. The Balaban J connectivity index is 1.98. The molecule has 0 saturated heterocycles. The Morgan fingerprint density at radius 1 is 1.15 bits per heavy atom. The normalized spacial score (nSPS) is 12.1. The number of hydrogen-bond acceptors (Lipinski definition) is 4. The molecule has 0 aliphatic carbocycles. The van der Waals surface area contributed by atoms with Gasteiger partial charge in [0.25, 0.3) is 5.69 Å². The van der Waals surface area contributed by atoms with E-state index < -0.39 is 16.3 Å². The van der Waals surface area contributed by atoms with E-state index in [0.29, 0.717) is 28.6 Å². The van der Waals surface area contributed by atoms with Gasteiger partial charge in [-0.15, -0.1) is 0 Å². The van der Waals surface area contributed by atoms with E-state index in [1.54, 1.807) is 28.8 Å². The second-order valence-corrected chi connectivity index (χ2v) is 9.33. The first kappa shape index (κ1) is 24.7. The second kappa shape index (κ2) is 9.91. The predicted octanol–water partition coefficient (Wildman–Crippen LogP) is 4.76. The minimum absolute atomic E-state index is 0.0318. The fraction of sp³-hybridized carbons (Fsp3) is 0.308. The van der Waals surface area contributed by atoms with Gasteiger partial charge in [-0.1, -0.05) is 51.1 Å². The standard InChI is InChI=1S/C26H29N3O5/c1-26(2,3)22(15-25(31)32)21-16-28(23-11-10-19(29(33)34)14-20(21)23)17-24(30)27(4)13-12-18-8-6-5-7-9-18/h5-11,14-16H,12-13,17H2,1-4H3,(H,31,32). The molecule has 0 radical (unpaired) electrons. The van der Waals surface area contributed by atoms with E-state index in [0.717, 1.165) is 18.1 Å². The quantitative estimate of drug-likeness (QED) is 0.294. The van der Waals surface area contributed by atoms with Gasteiger partial charge in [0.2, 0.25) is 5.91 Å². The van der Waals surface area contributed by atoms with E-state index in [1.807, 2.05) is 51.1 Å². The number of fused-ring (bicyclic) bond motifs is 1. The summed E-state index contributed by atoms with van der Waals surface area (Å²) < 4.78 is 1.73. The Labute approximate surface area is 198 Å². The summed E-state index contributed by atoms with van der Waals surface area (Å²) >= 11 is 0. The van der Waals surface area contributed by atoms with Crippen LogP contribution in [-0.4, -0.2) is 45.0 Å². The third kappa shape index (κ3) is 5.70. The van der Waals surface area contributed by atoms with E-state index in [4.69, 9.17) is 0 Å². The molecule has 3 aromatic rings.